The predicted octanol–water partition coefficient (Wildman–Crippen LogP) is 1.43. The van der Waals surface area contributed by atoms with E-state index in [0.717, 1.165) is 5.39 Å². The smallest absolute Gasteiger partial charge is 0.327 e. The van der Waals surface area contributed by atoms with Gasteiger partial charge < -0.3 is 14.5 Å². The van der Waals surface area contributed by atoms with Gasteiger partial charge in [-0.3, -0.25) is 25.2 Å². The standard InChI is InChI=1S/C17H21N3O5/c1-5-24-11-6-7-13-12(8-11)10(4)14(25-13)15(21)19-20-17(23)16(22)18-9(2)3/h6-9H,5H2,1-4H3,(H,18,22)(H,19,21)(H,20,23). The molecule has 8 heteroatoms. The molecule has 0 spiro atoms. The first-order chi connectivity index (χ1) is 11.8. The Kier molecular flexibility index (Phi) is 5.63. The van der Waals surface area contributed by atoms with Gasteiger partial charge in [0.2, 0.25) is 0 Å². The number of nitrogens with one attached hydrogen (secondary N) is 3. The zero-order valence-electron chi connectivity index (χ0n) is 14.6. The Morgan fingerprint density at radius 3 is 2.52 bits per heavy atom. The van der Waals surface area contributed by atoms with Crippen LogP contribution < -0.4 is 20.9 Å². The molecule has 2 rings (SSSR count). The maximum Gasteiger partial charge on any atom is 0.327 e. The number of hydrogen-bond donors (Lipinski definition) is 3. The van der Waals surface area contributed by atoms with E-state index < -0.39 is 17.7 Å². The van der Waals surface area contributed by atoms with Gasteiger partial charge in [-0.1, -0.05) is 0 Å². The van der Waals surface area contributed by atoms with Crippen molar-refractivity contribution in [2.75, 3.05) is 6.61 Å². The van der Waals surface area contributed by atoms with Crippen LogP contribution in [0.1, 0.15) is 36.9 Å². The Bertz CT molecular complexity index is 810. The highest BCUT2D eigenvalue weighted by molar-refractivity contribution is 6.35. The molecule has 8 nitrogen and oxygen atoms in total. The monoisotopic (exact) mass is 347 g/mol. The average molecular weight is 347 g/mol. The third-order valence-corrected chi connectivity index (χ3v) is 3.34. The van der Waals surface area contributed by atoms with E-state index in [2.05, 4.69) is 16.2 Å². The Labute approximate surface area is 144 Å². The normalized spacial score (nSPS) is 10.6. The van der Waals surface area contributed by atoms with E-state index in [1.807, 2.05) is 6.92 Å². The van der Waals surface area contributed by atoms with Crippen molar-refractivity contribution < 1.29 is 23.5 Å². The Morgan fingerprint density at radius 2 is 1.88 bits per heavy atom. The van der Waals surface area contributed by atoms with Gasteiger partial charge in [-0.25, -0.2) is 0 Å². The Morgan fingerprint density at radius 1 is 1.16 bits per heavy atom. The summed E-state index contributed by atoms with van der Waals surface area (Å²) in [5.41, 5.74) is 5.35. The number of furan rings is 1. The molecule has 1 aromatic heterocycles. The first-order valence-electron chi connectivity index (χ1n) is 7.90. The zero-order chi connectivity index (χ0) is 18.6. The lowest BCUT2D eigenvalue weighted by atomic mass is 10.1. The van der Waals surface area contributed by atoms with Crippen molar-refractivity contribution in [3.63, 3.8) is 0 Å². The van der Waals surface area contributed by atoms with Gasteiger partial charge >= 0.3 is 17.7 Å². The van der Waals surface area contributed by atoms with E-state index >= 15 is 0 Å². The molecule has 0 bridgehead atoms. The minimum atomic E-state index is -0.963. The van der Waals surface area contributed by atoms with E-state index in [-0.39, 0.29) is 11.8 Å². The number of amides is 3. The number of ether oxygens (including phenoxy) is 1. The van der Waals surface area contributed by atoms with Gasteiger partial charge in [0, 0.05) is 17.0 Å². The molecule has 1 heterocycles. The summed E-state index contributed by atoms with van der Waals surface area (Å²) in [6.07, 6.45) is 0. The summed E-state index contributed by atoms with van der Waals surface area (Å²) in [6.45, 7) is 7.57. The van der Waals surface area contributed by atoms with Crippen LogP contribution >= 0.6 is 0 Å². The van der Waals surface area contributed by atoms with Crippen molar-refractivity contribution in [2.45, 2.75) is 33.7 Å². The molecule has 0 unspecified atom stereocenters. The summed E-state index contributed by atoms with van der Waals surface area (Å²) < 4.78 is 11.0. The number of carbonyl (C=O) groups excluding carboxylic acids is 3. The molecule has 0 aliphatic carbocycles. The van der Waals surface area contributed by atoms with Gasteiger partial charge in [-0.2, -0.15) is 0 Å². The van der Waals surface area contributed by atoms with E-state index in [9.17, 15) is 14.4 Å². The fourth-order valence-corrected chi connectivity index (χ4v) is 2.23. The third kappa shape index (κ3) is 4.28. The Balaban J connectivity index is 2.10. The van der Waals surface area contributed by atoms with Gasteiger partial charge in [0.15, 0.2) is 5.76 Å². The van der Waals surface area contributed by atoms with Crippen LogP contribution in [0, 0.1) is 6.92 Å². The number of benzene rings is 1. The van der Waals surface area contributed by atoms with E-state index in [1.165, 1.54) is 0 Å². The summed E-state index contributed by atoms with van der Waals surface area (Å²) >= 11 is 0. The van der Waals surface area contributed by atoms with Gasteiger partial charge in [-0.15, -0.1) is 0 Å². The molecule has 0 saturated heterocycles. The molecule has 0 fully saturated rings. The molecule has 25 heavy (non-hydrogen) atoms. The molecule has 3 amide bonds. The number of rotatable bonds is 4. The SMILES string of the molecule is CCOc1ccc2oc(C(=O)NNC(=O)C(=O)NC(C)C)c(C)c2c1. The van der Waals surface area contributed by atoms with Crippen molar-refractivity contribution in [2.24, 2.45) is 0 Å². The first kappa shape index (κ1) is 18.3. The summed E-state index contributed by atoms with van der Waals surface area (Å²) in [6, 6.07) is 5.04. The Hall–Kier alpha value is -3.03. The topological polar surface area (TPSA) is 110 Å². The lowest BCUT2D eigenvalue weighted by Gasteiger charge is -2.09. The van der Waals surface area contributed by atoms with Crippen molar-refractivity contribution in [1.82, 2.24) is 16.2 Å². The molecule has 0 saturated carbocycles. The van der Waals surface area contributed by atoms with Crippen molar-refractivity contribution in [3.05, 3.63) is 29.5 Å². The van der Waals surface area contributed by atoms with Crippen molar-refractivity contribution in [3.8, 4) is 5.75 Å². The maximum absolute atomic E-state index is 12.2. The van der Waals surface area contributed by atoms with Crippen LogP contribution in [0.25, 0.3) is 11.0 Å². The quantitative estimate of drug-likeness (QED) is 0.572. The molecular weight excluding hydrogens is 326 g/mol. The molecule has 0 atom stereocenters. The highest BCUT2D eigenvalue weighted by Crippen LogP contribution is 2.28. The predicted molar refractivity (Wildman–Crippen MR) is 91.0 cm³/mol. The molecule has 0 aliphatic rings. The lowest BCUT2D eigenvalue weighted by molar-refractivity contribution is -0.139. The van der Waals surface area contributed by atoms with Gasteiger partial charge in [0.1, 0.15) is 11.3 Å². The van der Waals surface area contributed by atoms with Crippen LogP contribution in [0.15, 0.2) is 22.6 Å². The summed E-state index contributed by atoms with van der Waals surface area (Å²) in [7, 11) is 0. The van der Waals surface area contributed by atoms with Crippen LogP contribution in [-0.4, -0.2) is 30.4 Å². The third-order valence-electron chi connectivity index (χ3n) is 3.34. The molecule has 3 N–H and O–H groups in total. The number of hydrogen-bond acceptors (Lipinski definition) is 5. The summed E-state index contributed by atoms with van der Waals surface area (Å²) in [5.74, 6) is -1.73. The number of aryl methyl sites for hydroxylation is 1. The average Bonchev–Trinajstić information content (AvgIpc) is 2.89. The molecule has 0 radical (unpaired) electrons. The number of hydrazine groups is 1. The maximum atomic E-state index is 12.2. The molecule has 1 aromatic carbocycles. The first-order valence-corrected chi connectivity index (χ1v) is 7.90. The molecular formula is C17H21N3O5. The largest absolute Gasteiger partial charge is 0.494 e. The van der Waals surface area contributed by atoms with Crippen LogP contribution in [0.5, 0.6) is 5.75 Å². The molecule has 134 valence electrons. The fourth-order valence-electron chi connectivity index (χ4n) is 2.23. The molecule has 2 aromatic rings. The van der Waals surface area contributed by atoms with Gasteiger partial charge in [0.05, 0.1) is 6.61 Å². The number of fused-ring (bicyclic) bond motifs is 1. The van der Waals surface area contributed by atoms with Crippen molar-refractivity contribution >= 4 is 28.7 Å². The second kappa shape index (κ2) is 7.69. The van der Waals surface area contributed by atoms with Crippen LogP contribution in [-0.2, 0) is 9.59 Å². The van der Waals surface area contributed by atoms with Crippen molar-refractivity contribution in [1.29, 1.82) is 0 Å². The lowest BCUT2D eigenvalue weighted by Crippen LogP contribution is -2.49. The van der Waals surface area contributed by atoms with E-state index in [0.29, 0.717) is 23.5 Å². The van der Waals surface area contributed by atoms with E-state index in [4.69, 9.17) is 9.15 Å². The highest BCUT2D eigenvalue weighted by atomic mass is 16.5. The van der Waals surface area contributed by atoms with Gasteiger partial charge in [-0.05, 0) is 45.9 Å². The summed E-state index contributed by atoms with van der Waals surface area (Å²) in [5, 5.41) is 3.15. The van der Waals surface area contributed by atoms with Gasteiger partial charge in [0.25, 0.3) is 0 Å². The van der Waals surface area contributed by atoms with Crippen LogP contribution in [0.3, 0.4) is 0 Å². The van der Waals surface area contributed by atoms with Crippen LogP contribution in [0.2, 0.25) is 0 Å². The minimum absolute atomic E-state index is 0.0493. The summed E-state index contributed by atoms with van der Waals surface area (Å²) in [4.78, 5) is 35.3. The minimum Gasteiger partial charge on any atom is -0.494 e. The second-order valence-electron chi connectivity index (χ2n) is 5.68. The second-order valence-corrected chi connectivity index (χ2v) is 5.68. The van der Waals surface area contributed by atoms with E-state index in [1.54, 1.807) is 39.0 Å². The molecule has 0 aliphatic heterocycles. The highest BCUT2D eigenvalue weighted by Gasteiger charge is 2.20. The van der Waals surface area contributed by atoms with Crippen LogP contribution in [0.4, 0.5) is 0 Å². The zero-order valence-corrected chi connectivity index (χ0v) is 14.6. The fraction of sp³-hybridized carbons (Fsp3) is 0.353. The number of carbonyl (C=O) groups is 3.